The third kappa shape index (κ3) is 4.06. The van der Waals surface area contributed by atoms with E-state index in [1.165, 1.54) is 0 Å². The van der Waals surface area contributed by atoms with E-state index in [9.17, 15) is 13.2 Å². The van der Waals surface area contributed by atoms with Gasteiger partial charge in [-0.15, -0.1) is 0 Å². The van der Waals surface area contributed by atoms with Gasteiger partial charge in [0.2, 0.25) is 0 Å². The summed E-state index contributed by atoms with van der Waals surface area (Å²) >= 11 is 0. The summed E-state index contributed by atoms with van der Waals surface area (Å²) in [6.07, 6.45) is -1.74. The summed E-state index contributed by atoms with van der Waals surface area (Å²) in [7, 11) is 0. The molecular weight excluding hydrogens is 293 g/mol. The van der Waals surface area contributed by atoms with Crippen molar-refractivity contribution in [1.82, 2.24) is 9.80 Å². The van der Waals surface area contributed by atoms with E-state index in [-0.39, 0.29) is 18.9 Å². The fraction of sp³-hybridized carbons (Fsp3) is 0.933. The molecule has 2 aliphatic rings. The molecule has 0 aromatic rings. The van der Waals surface area contributed by atoms with Gasteiger partial charge in [-0.3, -0.25) is 0 Å². The van der Waals surface area contributed by atoms with E-state index in [2.05, 4.69) is 9.89 Å². The minimum absolute atomic E-state index is 0.228. The van der Waals surface area contributed by atoms with Crippen LogP contribution in [-0.2, 0) is 0 Å². The Balaban J connectivity index is 1.75. The van der Waals surface area contributed by atoms with Gasteiger partial charge >= 0.3 is 6.18 Å². The summed E-state index contributed by atoms with van der Waals surface area (Å²) in [6, 6.07) is 0.610. The number of piperidine rings is 1. The number of alkyl halides is 3. The Morgan fingerprint density at radius 3 is 2.18 bits per heavy atom. The number of hydrogen-bond donors (Lipinski definition) is 1. The Labute approximate surface area is 130 Å². The van der Waals surface area contributed by atoms with Crippen molar-refractivity contribution in [1.29, 1.82) is 0 Å². The zero-order valence-electron chi connectivity index (χ0n) is 13.4. The second-order valence-corrected chi connectivity index (χ2v) is 6.29. The number of halogens is 3. The van der Waals surface area contributed by atoms with Gasteiger partial charge in [0.15, 0.2) is 5.96 Å². The molecule has 1 heterocycles. The summed E-state index contributed by atoms with van der Waals surface area (Å²) < 4.78 is 38.0. The number of nitrogens with two attached hydrogens (primary N) is 1. The normalized spacial score (nSPS) is 28.5. The van der Waals surface area contributed by atoms with E-state index in [0.29, 0.717) is 25.1 Å². The first-order chi connectivity index (χ1) is 10.3. The molecule has 0 amide bonds. The van der Waals surface area contributed by atoms with Gasteiger partial charge in [0.05, 0.1) is 12.0 Å². The van der Waals surface area contributed by atoms with Crippen LogP contribution in [0.15, 0.2) is 4.99 Å². The highest BCUT2D eigenvalue weighted by Crippen LogP contribution is 2.37. The maximum Gasteiger partial charge on any atom is 0.391 e. The molecule has 1 aliphatic heterocycles. The van der Waals surface area contributed by atoms with Crippen molar-refractivity contribution in [3.05, 3.63) is 0 Å². The number of hydrogen-bond acceptors (Lipinski definition) is 2. The van der Waals surface area contributed by atoms with Crippen molar-refractivity contribution < 1.29 is 13.2 Å². The van der Waals surface area contributed by atoms with Gasteiger partial charge in [-0.25, -0.2) is 4.99 Å². The molecule has 1 aliphatic carbocycles. The summed E-state index contributed by atoms with van der Waals surface area (Å²) in [4.78, 5) is 8.75. The van der Waals surface area contributed by atoms with Crippen LogP contribution in [0.5, 0.6) is 0 Å². The molecule has 0 aromatic carbocycles. The average Bonchev–Trinajstić information content (AvgIpc) is 2.43. The Morgan fingerprint density at radius 1 is 1.18 bits per heavy atom. The standard InChI is InChI=1S/C15H27F3N4/c1-3-21(4-2)14(19)20-12-9-13(10-12)22-7-5-11(6-8-22)15(16,17)18/h11-13H,3-10H2,1-2H3,(H2,19,20). The first-order valence-electron chi connectivity index (χ1n) is 8.24. The first-order valence-corrected chi connectivity index (χ1v) is 8.24. The average molecular weight is 320 g/mol. The molecular formula is C15H27F3N4. The minimum atomic E-state index is -4.03. The Hall–Kier alpha value is -0.980. The van der Waals surface area contributed by atoms with Gasteiger partial charge in [0.25, 0.3) is 0 Å². The van der Waals surface area contributed by atoms with E-state index in [1.54, 1.807) is 0 Å². The molecule has 2 rings (SSSR count). The van der Waals surface area contributed by atoms with Gasteiger partial charge < -0.3 is 15.5 Å². The third-order valence-corrected chi connectivity index (χ3v) is 5.00. The highest BCUT2D eigenvalue weighted by atomic mass is 19.4. The number of rotatable bonds is 4. The van der Waals surface area contributed by atoms with Crippen molar-refractivity contribution >= 4 is 5.96 Å². The molecule has 0 bridgehead atoms. The van der Waals surface area contributed by atoms with Crippen LogP contribution in [0, 0.1) is 5.92 Å². The second kappa shape index (κ2) is 7.06. The zero-order chi connectivity index (χ0) is 16.3. The molecule has 1 saturated carbocycles. The highest BCUT2D eigenvalue weighted by molar-refractivity contribution is 5.78. The van der Waals surface area contributed by atoms with Crippen LogP contribution in [0.4, 0.5) is 13.2 Å². The fourth-order valence-corrected chi connectivity index (χ4v) is 3.37. The summed E-state index contributed by atoms with van der Waals surface area (Å²) in [5.74, 6) is -0.528. The van der Waals surface area contributed by atoms with Crippen LogP contribution in [-0.4, -0.2) is 60.2 Å². The Bertz CT molecular complexity index is 379. The smallest absolute Gasteiger partial charge is 0.370 e. The lowest BCUT2D eigenvalue weighted by molar-refractivity contribution is -0.187. The van der Waals surface area contributed by atoms with Crippen molar-refractivity contribution in [2.24, 2.45) is 16.6 Å². The highest BCUT2D eigenvalue weighted by Gasteiger charge is 2.43. The molecule has 0 aromatic heterocycles. The summed E-state index contributed by atoms with van der Waals surface area (Å²) in [6.45, 7) is 6.87. The van der Waals surface area contributed by atoms with Crippen molar-refractivity contribution in [2.75, 3.05) is 26.2 Å². The molecule has 4 nitrogen and oxygen atoms in total. The van der Waals surface area contributed by atoms with E-state index in [1.807, 2.05) is 18.7 Å². The molecule has 2 fully saturated rings. The van der Waals surface area contributed by atoms with Crippen molar-refractivity contribution in [2.45, 2.75) is 57.8 Å². The summed E-state index contributed by atoms with van der Waals surface area (Å²) in [5.41, 5.74) is 5.98. The molecule has 22 heavy (non-hydrogen) atoms. The maximum absolute atomic E-state index is 12.7. The third-order valence-electron chi connectivity index (χ3n) is 5.00. The maximum atomic E-state index is 12.7. The first kappa shape index (κ1) is 17.4. The van der Waals surface area contributed by atoms with Gasteiger partial charge in [-0.2, -0.15) is 13.2 Å². The van der Waals surface area contributed by atoms with Gasteiger partial charge in [0.1, 0.15) is 0 Å². The lowest BCUT2D eigenvalue weighted by Gasteiger charge is -2.44. The monoisotopic (exact) mass is 320 g/mol. The number of nitrogens with zero attached hydrogens (tertiary/aromatic N) is 3. The van der Waals surface area contributed by atoms with Crippen molar-refractivity contribution in [3.63, 3.8) is 0 Å². The summed E-state index contributed by atoms with van der Waals surface area (Å²) in [5, 5.41) is 0. The molecule has 1 saturated heterocycles. The van der Waals surface area contributed by atoms with Crippen molar-refractivity contribution in [3.8, 4) is 0 Å². The van der Waals surface area contributed by atoms with E-state index in [4.69, 9.17) is 5.73 Å². The van der Waals surface area contributed by atoms with Gasteiger partial charge in [0, 0.05) is 19.1 Å². The Morgan fingerprint density at radius 2 is 1.73 bits per heavy atom. The van der Waals surface area contributed by atoms with E-state index >= 15 is 0 Å². The Kier molecular flexibility index (Phi) is 5.58. The van der Waals surface area contributed by atoms with Crippen LogP contribution >= 0.6 is 0 Å². The second-order valence-electron chi connectivity index (χ2n) is 6.29. The van der Waals surface area contributed by atoms with Gasteiger partial charge in [-0.1, -0.05) is 0 Å². The van der Waals surface area contributed by atoms with E-state index < -0.39 is 12.1 Å². The predicted molar refractivity (Wildman–Crippen MR) is 81.7 cm³/mol. The molecule has 128 valence electrons. The predicted octanol–water partition coefficient (Wildman–Crippen LogP) is 2.45. The quantitative estimate of drug-likeness (QED) is 0.639. The largest absolute Gasteiger partial charge is 0.391 e. The zero-order valence-corrected chi connectivity index (χ0v) is 13.4. The lowest BCUT2D eigenvalue weighted by Crippen LogP contribution is -2.51. The molecule has 7 heteroatoms. The molecule has 0 atom stereocenters. The number of likely N-dealkylation sites (tertiary alicyclic amines) is 1. The SMILES string of the molecule is CCN(CC)C(N)=NC1CC(N2CCC(C(F)(F)F)CC2)C1. The van der Waals surface area contributed by atoms with Crippen LogP contribution in [0.3, 0.4) is 0 Å². The van der Waals surface area contributed by atoms with Gasteiger partial charge in [-0.05, 0) is 52.6 Å². The molecule has 2 N–H and O–H groups in total. The number of aliphatic imine (C=N–C) groups is 1. The van der Waals surface area contributed by atoms with Crippen LogP contribution in [0.2, 0.25) is 0 Å². The number of guanidine groups is 1. The van der Waals surface area contributed by atoms with Crippen LogP contribution in [0.1, 0.15) is 39.5 Å². The molecule has 0 spiro atoms. The van der Waals surface area contributed by atoms with Crippen LogP contribution in [0.25, 0.3) is 0 Å². The molecule has 0 unspecified atom stereocenters. The molecule has 0 radical (unpaired) electrons. The van der Waals surface area contributed by atoms with E-state index in [0.717, 1.165) is 25.9 Å². The van der Waals surface area contributed by atoms with Crippen LogP contribution < -0.4 is 5.73 Å². The fourth-order valence-electron chi connectivity index (χ4n) is 3.37. The lowest BCUT2D eigenvalue weighted by atomic mass is 9.83. The topological polar surface area (TPSA) is 44.9 Å². The minimum Gasteiger partial charge on any atom is -0.370 e.